The van der Waals surface area contributed by atoms with Crippen LogP contribution < -0.4 is 0 Å². The van der Waals surface area contributed by atoms with Gasteiger partial charge in [-0.3, -0.25) is 0 Å². The quantitative estimate of drug-likeness (QED) is 0.146. The number of hydrogen-bond acceptors (Lipinski definition) is 0. The Hall–Kier alpha value is -7.80. The first kappa shape index (κ1) is 38.6. The molecule has 0 unspecified atom stereocenters. The average molecular weight is 841 g/mol. The van der Waals surface area contributed by atoms with Crippen LogP contribution in [0.5, 0.6) is 0 Å². The largest absolute Gasteiger partial charge is 0.0836 e. The van der Waals surface area contributed by atoms with E-state index in [0.29, 0.717) is 0 Å². The molecule has 0 saturated heterocycles. The van der Waals surface area contributed by atoms with Crippen molar-refractivity contribution in [3.63, 3.8) is 0 Å². The van der Waals surface area contributed by atoms with Crippen LogP contribution in [0.1, 0.15) is 41.5 Å². The van der Waals surface area contributed by atoms with Gasteiger partial charge in [-0.25, -0.2) is 0 Å². The van der Waals surface area contributed by atoms with Gasteiger partial charge in [-0.15, -0.1) is 0 Å². The summed E-state index contributed by atoms with van der Waals surface area (Å²) < 4.78 is 0. The first-order valence-electron chi connectivity index (χ1n) is 23.8. The maximum atomic E-state index is 2.50. The number of benzene rings is 11. The molecule has 2 aliphatic rings. The molecule has 2 aliphatic carbocycles. The second-order valence-electron chi connectivity index (χ2n) is 18.6. The normalized spacial score (nSPS) is 13.3. The zero-order chi connectivity index (χ0) is 43.6. The molecule has 0 N–H and O–H groups in total. The van der Waals surface area contributed by atoms with Crippen LogP contribution in [0.25, 0.3) is 116 Å². The van der Waals surface area contributed by atoms with Gasteiger partial charge in [-0.2, -0.15) is 0 Å². The lowest BCUT2D eigenvalue weighted by atomic mass is 9.82. The van der Waals surface area contributed by atoms with Crippen molar-refractivity contribution >= 4 is 49.2 Å². The van der Waals surface area contributed by atoms with Crippen molar-refractivity contribution in [1.29, 1.82) is 0 Å². The van der Waals surface area contributed by atoms with Crippen LogP contribution in [0.2, 0.25) is 0 Å². The first-order chi connectivity index (χ1) is 32.7. The zero-order valence-electron chi connectivity index (χ0n) is 37.0. The van der Waals surface area contributed by atoms with Gasteiger partial charge in [-0.1, -0.05) is 176 Å². The molecule has 0 fully saturated rings. The summed E-state index contributed by atoms with van der Waals surface area (Å²) in [6.07, 6.45) is 11.7. The third-order valence-electron chi connectivity index (χ3n) is 14.6. The van der Waals surface area contributed by atoms with Crippen LogP contribution in [0.15, 0.2) is 212 Å². The fourth-order valence-corrected chi connectivity index (χ4v) is 11.2. The number of rotatable bonds is 6. The molecule has 0 bridgehead atoms. The van der Waals surface area contributed by atoms with E-state index in [1.54, 1.807) is 0 Å². The molecule has 66 heavy (non-hydrogen) atoms. The maximum Gasteiger partial charge on any atom is -0.00259 e. The maximum absolute atomic E-state index is 2.50. The van der Waals surface area contributed by atoms with Gasteiger partial charge in [0.1, 0.15) is 0 Å². The SMILES string of the molecule is C1=Cc2cc(-c3ccc4c(-c5cccc(-c6ccc7ccccc7c6)c5)c5cc(-c6ccc7c(c6)CCCC7)ccc5c(-c5cccc(-c6ccc7ccccc7c6)c5)c4c3)ccc2CC1. The number of allylic oxidation sites excluding steroid dienone is 1. The molecule has 11 aromatic rings. The highest BCUT2D eigenvalue weighted by Gasteiger charge is 2.21. The lowest BCUT2D eigenvalue weighted by molar-refractivity contribution is 0.686. The standard InChI is InChI=1S/C66H48/c1-5-15-47-35-53(27-23-43(47)11-1)51-19-9-21-59(39-51)65-61-33-31-58(56-30-26-46-14-4-8-18-50(46)38-56)42-64(61)66(60-22-10-20-52(40-60)54-28-24-44-12-2-6-16-48(44)36-54)62-34-32-57(41-63(62)65)55-29-25-45-13-3-7-17-49(45)37-55/h1-2,5-7,9-12,15-17,19-42H,3-4,8,13-14,18H2. The molecule has 0 aliphatic heterocycles. The summed E-state index contributed by atoms with van der Waals surface area (Å²) in [5.74, 6) is 0. The van der Waals surface area contributed by atoms with Gasteiger partial charge < -0.3 is 0 Å². The van der Waals surface area contributed by atoms with Crippen molar-refractivity contribution in [2.75, 3.05) is 0 Å². The summed E-state index contributed by atoms with van der Waals surface area (Å²) in [4.78, 5) is 0. The van der Waals surface area contributed by atoms with Crippen molar-refractivity contribution in [2.45, 2.75) is 38.5 Å². The predicted molar refractivity (Wildman–Crippen MR) is 283 cm³/mol. The predicted octanol–water partition coefficient (Wildman–Crippen LogP) is 18.1. The zero-order valence-corrected chi connectivity index (χ0v) is 37.0. The Morgan fingerprint density at radius 2 is 0.712 bits per heavy atom. The number of hydrogen-bond donors (Lipinski definition) is 0. The number of aryl methyl sites for hydroxylation is 3. The van der Waals surface area contributed by atoms with Gasteiger partial charge in [0.05, 0.1) is 0 Å². The van der Waals surface area contributed by atoms with Crippen LogP contribution in [0.3, 0.4) is 0 Å². The second kappa shape index (κ2) is 16.0. The van der Waals surface area contributed by atoms with Crippen LogP contribution in [0, 0.1) is 0 Å². The third kappa shape index (κ3) is 6.84. The summed E-state index contributed by atoms with van der Waals surface area (Å²) >= 11 is 0. The summed E-state index contributed by atoms with van der Waals surface area (Å²) in [7, 11) is 0. The first-order valence-corrected chi connectivity index (χ1v) is 23.8. The molecule has 13 rings (SSSR count). The highest BCUT2D eigenvalue weighted by atomic mass is 14.2. The van der Waals surface area contributed by atoms with E-state index < -0.39 is 0 Å². The fourth-order valence-electron chi connectivity index (χ4n) is 11.2. The minimum absolute atomic E-state index is 1.10. The van der Waals surface area contributed by atoms with Gasteiger partial charge >= 0.3 is 0 Å². The summed E-state index contributed by atoms with van der Waals surface area (Å²) in [6, 6.07) is 78.5. The molecule has 0 radical (unpaired) electrons. The minimum atomic E-state index is 1.10. The van der Waals surface area contributed by atoms with E-state index in [9.17, 15) is 0 Å². The lowest BCUT2D eigenvalue weighted by Crippen LogP contribution is -2.02. The minimum Gasteiger partial charge on any atom is -0.0836 e. The molecule has 0 nitrogen and oxygen atoms in total. The molecule has 0 spiro atoms. The second-order valence-corrected chi connectivity index (χ2v) is 18.6. The van der Waals surface area contributed by atoms with Gasteiger partial charge in [-0.05, 0) is 213 Å². The summed E-state index contributed by atoms with van der Waals surface area (Å²) in [5, 5.41) is 10.1. The van der Waals surface area contributed by atoms with Gasteiger partial charge in [0.15, 0.2) is 0 Å². The van der Waals surface area contributed by atoms with Crippen LogP contribution in [-0.4, -0.2) is 0 Å². The van der Waals surface area contributed by atoms with E-state index in [2.05, 4.69) is 218 Å². The monoisotopic (exact) mass is 840 g/mol. The topological polar surface area (TPSA) is 0 Å². The lowest BCUT2D eigenvalue weighted by Gasteiger charge is -2.21. The number of fused-ring (bicyclic) bond motifs is 6. The highest BCUT2D eigenvalue weighted by molar-refractivity contribution is 6.23. The Labute approximate surface area is 387 Å². The Balaban J connectivity index is 1.08. The van der Waals surface area contributed by atoms with E-state index >= 15 is 0 Å². The summed E-state index contributed by atoms with van der Waals surface area (Å²) in [5.41, 5.74) is 20.7. The Bertz CT molecular complexity index is 3770. The van der Waals surface area contributed by atoms with E-state index in [0.717, 1.165) is 19.3 Å². The summed E-state index contributed by atoms with van der Waals surface area (Å²) in [6.45, 7) is 0. The van der Waals surface area contributed by atoms with E-state index in [-0.39, 0.29) is 0 Å². The molecule has 0 amide bonds. The fraction of sp³-hybridized carbons (Fsp3) is 0.0909. The molecular formula is C66H48. The molecule has 0 aromatic heterocycles. The van der Waals surface area contributed by atoms with E-state index in [4.69, 9.17) is 0 Å². The molecule has 0 heteroatoms. The van der Waals surface area contributed by atoms with Crippen LogP contribution in [0.4, 0.5) is 0 Å². The molecule has 0 atom stereocenters. The Morgan fingerprint density at radius 3 is 1.32 bits per heavy atom. The smallest absolute Gasteiger partial charge is 0.00259 e. The molecule has 0 saturated carbocycles. The average Bonchev–Trinajstić information content (AvgIpc) is 3.39. The molecule has 0 heterocycles. The molecule has 312 valence electrons. The Kier molecular flexibility index (Phi) is 9.38. The van der Waals surface area contributed by atoms with E-state index in [1.165, 1.54) is 151 Å². The van der Waals surface area contributed by atoms with E-state index in [1.807, 2.05) is 0 Å². The van der Waals surface area contributed by atoms with Crippen molar-refractivity contribution < 1.29 is 0 Å². The van der Waals surface area contributed by atoms with Gasteiger partial charge in [0.25, 0.3) is 0 Å². The molecule has 11 aromatic carbocycles. The van der Waals surface area contributed by atoms with Gasteiger partial charge in [0, 0.05) is 0 Å². The van der Waals surface area contributed by atoms with Crippen molar-refractivity contribution in [2.24, 2.45) is 0 Å². The van der Waals surface area contributed by atoms with Crippen LogP contribution >= 0.6 is 0 Å². The van der Waals surface area contributed by atoms with Crippen molar-refractivity contribution in [3.05, 3.63) is 235 Å². The van der Waals surface area contributed by atoms with Crippen molar-refractivity contribution in [1.82, 2.24) is 0 Å². The third-order valence-corrected chi connectivity index (χ3v) is 14.6. The van der Waals surface area contributed by atoms with Gasteiger partial charge in [0.2, 0.25) is 0 Å². The highest BCUT2D eigenvalue weighted by Crippen LogP contribution is 2.47. The molecular weight excluding hydrogens is 793 g/mol. The van der Waals surface area contributed by atoms with Crippen LogP contribution in [-0.2, 0) is 19.3 Å². The Morgan fingerprint density at radius 1 is 0.258 bits per heavy atom. The van der Waals surface area contributed by atoms with Crippen molar-refractivity contribution in [3.8, 4) is 66.8 Å².